The van der Waals surface area contributed by atoms with Crippen LogP contribution in [-0.4, -0.2) is 35.4 Å². The van der Waals surface area contributed by atoms with Crippen LogP contribution in [0.2, 0.25) is 0 Å². The highest BCUT2D eigenvalue weighted by molar-refractivity contribution is 6.05. The maximum absolute atomic E-state index is 12.3. The van der Waals surface area contributed by atoms with Crippen molar-refractivity contribution in [3.05, 3.63) is 42.1 Å². The first-order valence-electron chi connectivity index (χ1n) is 6.01. The van der Waals surface area contributed by atoms with Crippen LogP contribution < -0.4 is 5.32 Å². The highest BCUT2D eigenvalue weighted by Crippen LogP contribution is 2.15. The molecule has 0 aromatic carbocycles. The second-order valence-electron chi connectivity index (χ2n) is 4.29. The van der Waals surface area contributed by atoms with Crippen LogP contribution in [0.25, 0.3) is 5.82 Å². The predicted molar refractivity (Wildman–Crippen MR) is 71.6 cm³/mol. The summed E-state index contributed by atoms with van der Waals surface area (Å²) < 4.78 is 3.46. The summed E-state index contributed by atoms with van der Waals surface area (Å²) in [6, 6.07) is 3.76. The Labute approximate surface area is 114 Å². The molecule has 0 saturated heterocycles. The highest BCUT2D eigenvalue weighted by atomic mass is 16.1. The van der Waals surface area contributed by atoms with Crippen molar-refractivity contribution in [2.24, 2.45) is 7.05 Å². The molecule has 3 rings (SSSR count). The molecule has 2 N–H and O–H groups in total. The van der Waals surface area contributed by atoms with Gasteiger partial charge in [0.25, 0.3) is 5.91 Å². The zero-order chi connectivity index (χ0) is 14.1. The number of carbonyl (C=O) groups excluding carboxylic acids is 1. The van der Waals surface area contributed by atoms with Crippen LogP contribution in [0.5, 0.6) is 0 Å². The van der Waals surface area contributed by atoms with E-state index in [4.69, 9.17) is 0 Å². The number of rotatable bonds is 3. The van der Waals surface area contributed by atoms with Crippen molar-refractivity contribution in [3.8, 4) is 5.82 Å². The minimum atomic E-state index is -0.305. The summed E-state index contributed by atoms with van der Waals surface area (Å²) in [5, 5.41) is 13.3. The minimum absolute atomic E-state index is 0.245. The minimum Gasteiger partial charge on any atom is -0.308 e. The molecule has 8 heteroatoms. The number of H-pyrrole nitrogens is 1. The molecule has 0 aliphatic heterocycles. The summed E-state index contributed by atoms with van der Waals surface area (Å²) in [5.41, 5.74) is 0.450. The van der Waals surface area contributed by atoms with Crippen LogP contribution in [0.4, 0.5) is 5.95 Å². The van der Waals surface area contributed by atoms with Gasteiger partial charge in [-0.2, -0.15) is 10.1 Å². The van der Waals surface area contributed by atoms with Crippen molar-refractivity contribution >= 4 is 11.9 Å². The second kappa shape index (κ2) is 4.65. The molecule has 3 aromatic heterocycles. The number of nitrogens with one attached hydrogen (secondary N) is 2. The number of anilines is 1. The summed E-state index contributed by atoms with van der Waals surface area (Å²) in [7, 11) is 1.78. The van der Waals surface area contributed by atoms with Gasteiger partial charge in [-0.3, -0.25) is 19.9 Å². The SMILES string of the molecule is Cc1nc(NC(=O)c2cnn(C)c2-n2cccc2)n[nH]1. The number of nitrogens with zero attached hydrogens (tertiary/aromatic N) is 5. The molecule has 0 saturated carbocycles. The average Bonchev–Trinajstić information content (AvgIpc) is 3.10. The Kier molecular flexibility index (Phi) is 2.82. The zero-order valence-corrected chi connectivity index (χ0v) is 11.0. The molecule has 0 spiro atoms. The molecule has 0 aliphatic carbocycles. The van der Waals surface area contributed by atoms with E-state index in [1.807, 2.05) is 29.1 Å². The lowest BCUT2D eigenvalue weighted by Crippen LogP contribution is -2.15. The van der Waals surface area contributed by atoms with Crippen LogP contribution >= 0.6 is 0 Å². The summed E-state index contributed by atoms with van der Waals surface area (Å²) in [6.45, 7) is 1.76. The van der Waals surface area contributed by atoms with E-state index in [2.05, 4.69) is 25.6 Å². The van der Waals surface area contributed by atoms with E-state index < -0.39 is 0 Å². The molecule has 0 radical (unpaired) electrons. The summed E-state index contributed by atoms with van der Waals surface area (Å²) in [5.74, 6) is 1.26. The molecule has 3 aromatic rings. The summed E-state index contributed by atoms with van der Waals surface area (Å²) >= 11 is 0. The number of hydrogen-bond donors (Lipinski definition) is 2. The van der Waals surface area contributed by atoms with Gasteiger partial charge >= 0.3 is 0 Å². The average molecular weight is 271 g/mol. The first kappa shape index (κ1) is 12.2. The lowest BCUT2D eigenvalue weighted by molar-refractivity contribution is 0.102. The van der Waals surface area contributed by atoms with Crippen LogP contribution in [0.15, 0.2) is 30.7 Å². The molecule has 8 nitrogen and oxygen atoms in total. The maximum Gasteiger partial charge on any atom is 0.263 e. The zero-order valence-electron chi connectivity index (χ0n) is 11.0. The van der Waals surface area contributed by atoms with E-state index in [0.29, 0.717) is 17.2 Å². The van der Waals surface area contributed by atoms with E-state index in [9.17, 15) is 4.79 Å². The van der Waals surface area contributed by atoms with E-state index in [0.717, 1.165) is 0 Å². The van der Waals surface area contributed by atoms with Gasteiger partial charge in [0.2, 0.25) is 5.95 Å². The Balaban J connectivity index is 1.93. The summed E-state index contributed by atoms with van der Waals surface area (Å²) in [4.78, 5) is 16.3. The molecule has 1 amide bonds. The van der Waals surface area contributed by atoms with Crippen molar-refractivity contribution in [3.63, 3.8) is 0 Å². The molecule has 3 heterocycles. The van der Waals surface area contributed by atoms with Gasteiger partial charge in [-0.05, 0) is 19.1 Å². The van der Waals surface area contributed by atoms with Gasteiger partial charge < -0.3 is 4.57 Å². The molecule has 0 unspecified atom stereocenters. The molecular weight excluding hydrogens is 258 g/mol. The lowest BCUT2D eigenvalue weighted by Gasteiger charge is -2.06. The van der Waals surface area contributed by atoms with Crippen molar-refractivity contribution < 1.29 is 4.79 Å². The maximum atomic E-state index is 12.3. The first-order valence-corrected chi connectivity index (χ1v) is 6.01. The first-order chi connectivity index (χ1) is 9.65. The fraction of sp³-hybridized carbons (Fsp3) is 0.167. The van der Waals surface area contributed by atoms with Gasteiger partial charge in [0.05, 0.1) is 6.20 Å². The number of aromatic amines is 1. The van der Waals surface area contributed by atoms with E-state index in [1.54, 1.807) is 18.7 Å². The molecule has 0 bridgehead atoms. The fourth-order valence-corrected chi connectivity index (χ4v) is 1.94. The van der Waals surface area contributed by atoms with Gasteiger partial charge in [0.15, 0.2) is 0 Å². The largest absolute Gasteiger partial charge is 0.308 e. The van der Waals surface area contributed by atoms with Crippen molar-refractivity contribution in [2.45, 2.75) is 6.92 Å². The molecular formula is C12H13N7O. The Morgan fingerprint density at radius 3 is 2.75 bits per heavy atom. The lowest BCUT2D eigenvalue weighted by atomic mass is 10.3. The Morgan fingerprint density at radius 1 is 1.35 bits per heavy atom. The van der Waals surface area contributed by atoms with Crippen LogP contribution in [-0.2, 0) is 7.05 Å². The van der Waals surface area contributed by atoms with Crippen LogP contribution in [0, 0.1) is 6.92 Å². The molecule has 0 aliphatic rings. The molecule has 0 atom stereocenters. The van der Waals surface area contributed by atoms with Gasteiger partial charge in [-0.1, -0.05) is 0 Å². The third-order valence-electron chi connectivity index (χ3n) is 2.82. The monoisotopic (exact) mass is 271 g/mol. The van der Waals surface area contributed by atoms with Gasteiger partial charge in [-0.25, -0.2) is 0 Å². The van der Waals surface area contributed by atoms with Gasteiger partial charge in [0.1, 0.15) is 17.2 Å². The third-order valence-corrected chi connectivity index (χ3v) is 2.82. The molecule has 102 valence electrons. The smallest absolute Gasteiger partial charge is 0.263 e. The quantitative estimate of drug-likeness (QED) is 0.739. The number of aromatic nitrogens is 6. The van der Waals surface area contributed by atoms with Gasteiger partial charge in [0, 0.05) is 19.4 Å². The predicted octanol–water partition coefficient (Wildman–Crippen LogP) is 0.890. The van der Waals surface area contributed by atoms with E-state index in [1.165, 1.54) is 6.20 Å². The van der Waals surface area contributed by atoms with Crippen molar-refractivity contribution in [1.82, 2.24) is 29.5 Å². The number of amides is 1. The number of hydrogen-bond acceptors (Lipinski definition) is 4. The van der Waals surface area contributed by atoms with Crippen molar-refractivity contribution in [2.75, 3.05) is 5.32 Å². The topological polar surface area (TPSA) is 93.4 Å². The van der Waals surface area contributed by atoms with Crippen LogP contribution in [0.3, 0.4) is 0 Å². The van der Waals surface area contributed by atoms with Crippen molar-refractivity contribution in [1.29, 1.82) is 0 Å². The van der Waals surface area contributed by atoms with Crippen LogP contribution in [0.1, 0.15) is 16.2 Å². The molecule has 20 heavy (non-hydrogen) atoms. The highest BCUT2D eigenvalue weighted by Gasteiger charge is 2.18. The summed E-state index contributed by atoms with van der Waals surface area (Å²) in [6.07, 6.45) is 5.22. The Morgan fingerprint density at radius 2 is 2.10 bits per heavy atom. The molecule has 0 fully saturated rings. The van der Waals surface area contributed by atoms with Gasteiger partial charge in [-0.15, -0.1) is 5.10 Å². The standard InChI is InChI=1S/C12H13N7O/c1-8-14-12(17-16-8)15-10(20)9-7-13-18(2)11(9)19-5-3-4-6-19/h3-7H,1-2H3,(H2,14,15,16,17,20). The Hall–Kier alpha value is -2.90. The normalized spacial score (nSPS) is 10.7. The second-order valence-corrected chi connectivity index (χ2v) is 4.29. The Bertz CT molecular complexity index is 738. The number of carbonyl (C=O) groups is 1. The van der Waals surface area contributed by atoms with E-state index >= 15 is 0 Å². The number of aryl methyl sites for hydroxylation is 2. The third kappa shape index (κ3) is 2.07. The van der Waals surface area contributed by atoms with E-state index in [-0.39, 0.29) is 11.9 Å². The fourth-order valence-electron chi connectivity index (χ4n) is 1.94.